The molecule has 2 fully saturated rings. The van der Waals surface area contributed by atoms with E-state index in [4.69, 9.17) is 14.2 Å². The van der Waals surface area contributed by atoms with Crippen LogP contribution in [0.5, 0.6) is 11.5 Å². The van der Waals surface area contributed by atoms with Crippen molar-refractivity contribution in [2.45, 2.75) is 76.9 Å². The number of rotatable bonds is 4. The smallest absolute Gasteiger partial charge is 0.417 e. The summed E-state index contributed by atoms with van der Waals surface area (Å²) < 4.78 is 17.1. The average Bonchev–Trinajstić information content (AvgIpc) is 3.13. The van der Waals surface area contributed by atoms with Gasteiger partial charge in [-0.15, -0.1) is 0 Å². The first-order valence-corrected chi connectivity index (χ1v) is 10.1. The highest BCUT2D eigenvalue weighted by molar-refractivity contribution is 5.92. The second-order valence-electron chi connectivity index (χ2n) is 8.65. The van der Waals surface area contributed by atoms with E-state index in [0.29, 0.717) is 25.1 Å². The molecular formula is C22H31NO5. The van der Waals surface area contributed by atoms with Gasteiger partial charge in [0.25, 0.3) is 0 Å². The minimum atomic E-state index is -0.632. The van der Waals surface area contributed by atoms with Crippen molar-refractivity contribution in [3.63, 3.8) is 0 Å². The van der Waals surface area contributed by atoms with E-state index in [1.807, 2.05) is 18.2 Å². The molecule has 0 aromatic heterocycles. The molecule has 1 aromatic carbocycles. The van der Waals surface area contributed by atoms with Crippen LogP contribution in [0.4, 0.5) is 4.79 Å². The third-order valence-electron chi connectivity index (χ3n) is 5.28. The molecule has 1 saturated heterocycles. The van der Waals surface area contributed by atoms with E-state index < -0.39 is 11.7 Å². The van der Waals surface area contributed by atoms with Crippen LogP contribution in [0.3, 0.4) is 0 Å². The summed E-state index contributed by atoms with van der Waals surface area (Å²) in [7, 11) is 1.64. The summed E-state index contributed by atoms with van der Waals surface area (Å²) in [4.78, 5) is 26.0. The van der Waals surface area contributed by atoms with Gasteiger partial charge in [-0.2, -0.15) is 0 Å². The van der Waals surface area contributed by atoms with Crippen molar-refractivity contribution in [2.24, 2.45) is 0 Å². The Hall–Kier alpha value is -2.24. The third kappa shape index (κ3) is 4.97. The maximum atomic E-state index is 12.4. The Kier molecular flexibility index (Phi) is 6.16. The monoisotopic (exact) mass is 389 g/mol. The third-order valence-corrected chi connectivity index (χ3v) is 5.28. The van der Waals surface area contributed by atoms with Crippen molar-refractivity contribution in [3.8, 4) is 11.5 Å². The van der Waals surface area contributed by atoms with E-state index >= 15 is 0 Å². The Morgan fingerprint density at radius 3 is 2.46 bits per heavy atom. The van der Waals surface area contributed by atoms with Crippen LogP contribution in [0.15, 0.2) is 18.2 Å². The second-order valence-corrected chi connectivity index (χ2v) is 8.65. The summed E-state index contributed by atoms with van der Waals surface area (Å²) in [6.07, 6.45) is 5.22. The number of carbonyl (C=O) groups is 2. The van der Waals surface area contributed by atoms with Gasteiger partial charge in [0.1, 0.15) is 5.60 Å². The summed E-state index contributed by atoms with van der Waals surface area (Å²) in [6, 6.07) is 5.91. The van der Waals surface area contributed by atoms with E-state index in [9.17, 15) is 9.59 Å². The predicted octanol–water partition coefficient (Wildman–Crippen LogP) is 4.66. The Balaban J connectivity index is 1.76. The van der Waals surface area contributed by atoms with Gasteiger partial charge in [0.2, 0.25) is 5.91 Å². The van der Waals surface area contributed by atoms with Crippen LogP contribution in [-0.4, -0.2) is 42.3 Å². The van der Waals surface area contributed by atoms with Crippen LogP contribution in [0, 0.1) is 0 Å². The molecule has 1 aromatic rings. The van der Waals surface area contributed by atoms with Crippen molar-refractivity contribution in [1.29, 1.82) is 0 Å². The highest BCUT2D eigenvalue weighted by atomic mass is 16.6. The fourth-order valence-electron chi connectivity index (χ4n) is 3.84. The summed E-state index contributed by atoms with van der Waals surface area (Å²) in [6.45, 7) is 5.72. The normalized spacial score (nSPS) is 20.9. The van der Waals surface area contributed by atoms with Crippen molar-refractivity contribution in [2.75, 3.05) is 13.7 Å². The molecule has 6 nitrogen and oxygen atoms in total. The highest BCUT2D eigenvalue weighted by Gasteiger charge is 2.34. The zero-order valence-corrected chi connectivity index (χ0v) is 17.3. The quantitative estimate of drug-likeness (QED) is 0.749. The molecule has 1 unspecified atom stereocenters. The zero-order valence-electron chi connectivity index (χ0n) is 17.3. The maximum Gasteiger partial charge on any atom is 0.417 e. The number of methoxy groups -OCH3 is 1. The fraction of sp³-hybridized carbons (Fsp3) is 0.636. The SMILES string of the molecule is COc1ccc(C2CCC(=O)N(C(=O)OC(C)(C)C)C2)cc1OC1CCCC1. The van der Waals surface area contributed by atoms with Gasteiger partial charge >= 0.3 is 6.09 Å². The lowest BCUT2D eigenvalue weighted by atomic mass is 9.90. The number of carbonyl (C=O) groups excluding carboxylic acids is 2. The molecule has 1 heterocycles. The minimum absolute atomic E-state index is 0.0575. The number of piperidine rings is 1. The van der Waals surface area contributed by atoms with E-state index in [1.54, 1.807) is 27.9 Å². The summed E-state index contributed by atoms with van der Waals surface area (Å²) in [5, 5.41) is 0. The molecule has 0 bridgehead atoms. The van der Waals surface area contributed by atoms with Gasteiger partial charge in [-0.1, -0.05) is 6.07 Å². The van der Waals surface area contributed by atoms with Crippen molar-refractivity contribution in [3.05, 3.63) is 23.8 Å². The highest BCUT2D eigenvalue weighted by Crippen LogP contribution is 2.37. The number of imide groups is 1. The van der Waals surface area contributed by atoms with Crippen LogP contribution < -0.4 is 9.47 Å². The van der Waals surface area contributed by atoms with Gasteiger partial charge in [-0.25, -0.2) is 9.69 Å². The van der Waals surface area contributed by atoms with Gasteiger partial charge in [0.15, 0.2) is 11.5 Å². The number of hydrogen-bond donors (Lipinski definition) is 0. The molecule has 1 aliphatic heterocycles. The molecule has 0 spiro atoms. The first-order chi connectivity index (χ1) is 13.3. The second kappa shape index (κ2) is 8.41. The van der Waals surface area contributed by atoms with Gasteiger partial charge in [0, 0.05) is 18.9 Å². The van der Waals surface area contributed by atoms with E-state index in [-0.39, 0.29) is 17.9 Å². The van der Waals surface area contributed by atoms with Gasteiger partial charge in [0.05, 0.1) is 13.2 Å². The topological polar surface area (TPSA) is 65.1 Å². The first-order valence-electron chi connectivity index (χ1n) is 10.1. The Morgan fingerprint density at radius 2 is 1.82 bits per heavy atom. The lowest BCUT2D eigenvalue weighted by molar-refractivity contribution is -0.132. The maximum absolute atomic E-state index is 12.4. The molecule has 3 rings (SSSR count). The molecule has 1 aliphatic carbocycles. The van der Waals surface area contributed by atoms with Crippen LogP contribution >= 0.6 is 0 Å². The molecule has 0 N–H and O–H groups in total. The molecule has 1 atom stereocenters. The van der Waals surface area contributed by atoms with Gasteiger partial charge in [-0.05, 0) is 70.6 Å². The lowest BCUT2D eigenvalue weighted by Crippen LogP contribution is -2.45. The summed E-state index contributed by atoms with van der Waals surface area (Å²) >= 11 is 0. The van der Waals surface area contributed by atoms with Crippen LogP contribution in [0.2, 0.25) is 0 Å². The number of amides is 2. The number of nitrogens with zero attached hydrogens (tertiary/aromatic N) is 1. The molecular weight excluding hydrogens is 358 g/mol. The molecule has 2 aliphatic rings. The molecule has 1 saturated carbocycles. The number of likely N-dealkylation sites (tertiary alicyclic amines) is 1. The molecule has 154 valence electrons. The standard InChI is InChI=1S/C22H31NO5/c1-22(2,3)28-21(25)23-14-16(10-12-20(23)24)15-9-11-18(26-4)19(13-15)27-17-7-5-6-8-17/h9,11,13,16-17H,5-8,10,12,14H2,1-4H3. The van der Waals surface area contributed by atoms with Crippen LogP contribution in [-0.2, 0) is 9.53 Å². The Morgan fingerprint density at radius 1 is 1.11 bits per heavy atom. The molecule has 2 amide bonds. The largest absolute Gasteiger partial charge is 0.493 e. The molecule has 6 heteroatoms. The number of ether oxygens (including phenoxy) is 3. The first kappa shape index (κ1) is 20.5. The van der Waals surface area contributed by atoms with Crippen LogP contribution in [0.25, 0.3) is 0 Å². The van der Waals surface area contributed by atoms with Crippen LogP contribution in [0.1, 0.15) is 70.8 Å². The van der Waals surface area contributed by atoms with E-state index in [1.165, 1.54) is 17.7 Å². The molecule has 28 heavy (non-hydrogen) atoms. The van der Waals surface area contributed by atoms with Crippen molar-refractivity contribution >= 4 is 12.0 Å². The zero-order chi connectivity index (χ0) is 20.3. The predicted molar refractivity (Wildman–Crippen MR) is 106 cm³/mol. The van der Waals surface area contributed by atoms with Crippen molar-refractivity contribution in [1.82, 2.24) is 4.90 Å². The van der Waals surface area contributed by atoms with Gasteiger partial charge in [-0.3, -0.25) is 4.79 Å². The van der Waals surface area contributed by atoms with Crippen molar-refractivity contribution < 1.29 is 23.8 Å². The van der Waals surface area contributed by atoms with E-state index in [2.05, 4.69) is 0 Å². The average molecular weight is 389 g/mol. The number of benzene rings is 1. The fourth-order valence-corrected chi connectivity index (χ4v) is 3.84. The Labute approximate surface area is 167 Å². The Bertz CT molecular complexity index is 718. The summed E-state index contributed by atoms with van der Waals surface area (Å²) in [5.74, 6) is 1.34. The minimum Gasteiger partial charge on any atom is -0.493 e. The van der Waals surface area contributed by atoms with Gasteiger partial charge < -0.3 is 14.2 Å². The molecule has 0 radical (unpaired) electrons. The summed E-state index contributed by atoms with van der Waals surface area (Å²) in [5.41, 5.74) is 0.419. The number of hydrogen-bond acceptors (Lipinski definition) is 5. The van der Waals surface area contributed by atoms with E-state index in [0.717, 1.165) is 24.2 Å². The lowest BCUT2D eigenvalue weighted by Gasteiger charge is -2.33.